The Morgan fingerprint density at radius 1 is 1.32 bits per heavy atom. The summed E-state index contributed by atoms with van der Waals surface area (Å²) < 4.78 is 26.3. The molecule has 0 aliphatic carbocycles. The van der Waals surface area contributed by atoms with Gasteiger partial charge in [0, 0.05) is 19.0 Å². The molecule has 0 radical (unpaired) electrons. The number of piperidine rings is 1. The van der Waals surface area contributed by atoms with Crippen LogP contribution in [-0.2, 0) is 14.8 Å². The van der Waals surface area contributed by atoms with Crippen LogP contribution in [0.5, 0.6) is 0 Å². The summed E-state index contributed by atoms with van der Waals surface area (Å²) in [6.07, 6.45) is 1.00. The molecule has 1 heterocycles. The Kier molecular flexibility index (Phi) is 3.91. The van der Waals surface area contributed by atoms with Crippen molar-refractivity contribution >= 4 is 15.9 Å². The van der Waals surface area contributed by atoms with Crippen LogP contribution >= 0.6 is 0 Å². The van der Waals surface area contributed by atoms with Gasteiger partial charge in [0.2, 0.25) is 15.9 Å². The maximum atomic E-state index is 12.4. The van der Waals surface area contributed by atoms with Gasteiger partial charge in [-0.15, -0.1) is 0 Å². The first-order valence-corrected chi connectivity index (χ1v) is 7.71. The number of rotatable bonds is 3. The zero-order chi connectivity index (χ0) is 14.0. The molecular formula is C13H18N2O3S. The lowest BCUT2D eigenvalue weighted by atomic mass is 9.98. The summed E-state index contributed by atoms with van der Waals surface area (Å²) in [5.41, 5.74) is 6.16. The standard InChI is InChI=1S/C13H18N2O3S/c1-10-3-2-4-12(9-10)19(17,18)15-7-5-11(6-8-15)13(14)16/h2-4,9,11H,5-8H2,1H3,(H2,14,16). The Bertz CT molecular complexity index is 575. The van der Waals surface area contributed by atoms with Crippen LogP contribution in [0.3, 0.4) is 0 Å². The number of amides is 1. The molecule has 1 aliphatic heterocycles. The third kappa shape index (κ3) is 2.96. The number of benzene rings is 1. The van der Waals surface area contributed by atoms with E-state index in [-0.39, 0.29) is 11.8 Å². The first-order valence-electron chi connectivity index (χ1n) is 6.27. The first-order chi connectivity index (χ1) is 8.91. The highest BCUT2D eigenvalue weighted by molar-refractivity contribution is 7.89. The van der Waals surface area contributed by atoms with Crippen LogP contribution in [0.4, 0.5) is 0 Å². The third-order valence-electron chi connectivity index (χ3n) is 3.48. The largest absolute Gasteiger partial charge is 0.369 e. The van der Waals surface area contributed by atoms with Crippen LogP contribution in [-0.4, -0.2) is 31.7 Å². The van der Waals surface area contributed by atoms with Crippen molar-refractivity contribution in [2.75, 3.05) is 13.1 Å². The van der Waals surface area contributed by atoms with Crippen molar-refractivity contribution < 1.29 is 13.2 Å². The predicted molar refractivity (Wildman–Crippen MR) is 71.9 cm³/mol. The molecule has 2 N–H and O–H groups in total. The zero-order valence-corrected chi connectivity index (χ0v) is 11.7. The van der Waals surface area contributed by atoms with Gasteiger partial charge in [-0.2, -0.15) is 4.31 Å². The molecule has 6 heteroatoms. The van der Waals surface area contributed by atoms with Crippen LogP contribution in [0.2, 0.25) is 0 Å². The summed E-state index contributed by atoms with van der Waals surface area (Å²) in [5.74, 6) is -0.545. The Balaban J connectivity index is 2.16. The number of carbonyl (C=O) groups excluding carboxylic acids is 1. The number of nitrogens with zero attached hydrogens (tertiary/aromatic N) is 1. The fraction of sp³-hybridized carbons (Fsp3) is 0.462. The molecule has 2 rings (SSSR count). The summed E-state index contributed by atoms with van der Waals surface area (Å²) in [5, 5.41) is 0. The van der Waals surface area contributed by atoms with Crippen LogP contribution < -0.4 is 5.73 Å². The SMILES string of the molecule is Cc1cccc(S(=O)(=O)N2CCC(C(N)=O)CC2)c1. The van der Waals surface area contributed by atoms with E-state index in [1.807, 2.05) is 13.0 Å². The molecule has 0 saturated carbocycles. The molecule has 1 aliphatic rings. The number of primary amides is 1. The molecule has 104 valence electrons. The van der Waals surface area contributed by atoms with Crippen molar-refractivity contribution in [3.05, 3.63) is 29.8 Å². The van der Waals surface area contributed by atoms with Crippen molar-refractivity contribution in [2.24, 2.45) is 11.7 Å². The average Bonchev–Trinajstić information content (AvgIpc) is 2.39. The number of aryl methyl sites for hydroxylation is 1. The number of hydrogen-bond donors (Lipinski definition) is 1. The van der Waals surface area contributed by atoms with Crippen molar-refractivity contribution in [3.63, 3.8) is 0 Å². The number of hydrogen-bond acceptors (Lipinski definition) is 3. The highest BCUT2D eigenvalue weighted by Gasteiger charge is 2.31. The second-order valence-electron chi connectivity index (χ2n) is 4.90. The minimum absolute atomic E-state index is 0.205. The van der Waals surface area contributed by atoms with Crippen molar-refractivity contribution in [1.82, 2.24) is 4.31 Å². The molecule has 0 atom stereocenters. The summed E-state index contributed by atoms with van der Waals surface area (Å²) in [6, 6.07) is 6.86. The normalized spacial score (nSPS) is 18.4. The molecule has 1 fully saturated rings. The van der Waals surface area contributed by atoms with Crippen LogP contribution in [0.15, 0.2) is 29.2 Å². The minimum atomic E-state index is -3.45. The lowest BCUT2D eigenvalue weighted by molar-refractivity contribution is -0.122. The molecule has 0 unspecified atom stereocenters. The lowest BCUT2D eigenvalue weighted by Crippen LogP contribution is -2.41. The summed E-state index contributed by atoms with van der Waals surface area (Å²) in [7, 11) is -3.45. The number of sulfonamides is 1. The second kappa shape index (κ2) is 5.30. The molecule has 1 aromatic rings. The maximum Gasteiger partial charge on any atom is 0.243 e. The van der Waals surface area contributed by atoms with E-state index in [4.69, 9.17) is 5.73 Å². The lowest BCUT2D eigenvalue weighted by Gasteiger charge is -2.29. The van der Waals surface area contributed by atoms with E-state index in [1.165, 1.54) is 4.31 Å². The maximum absolute atomic E-state index is 12.4. The first kappa shape index (κ1) is 14.0. The monoisotopic (exact) mass is 282 g/mol. The van der Waals surface area contributed by atoms with Gasteiger partial charge in [0.25, 0.3) is 0 Å². The Morgan fingerprint density at radius 2 is 1.95 bits per heavy atom. The van der Waals surface area contributed by atoms with Crippen molar-refractivity contribution in [1.29, 1.82) is 0 Å². The average molecular weight is 282 g/mol. The van der Waals surface area contributed by atoms with E-state index in [2.05, 4.69) is 0 Å². The molecule has 1 amide bonds. The van der Waals surface area contributed by atoms with Gasteiger partial charge in [0.15, 0.2) is 0 Å². The summed E-state index contributed by atoms with van der Waals surface area (Å²) in [6.45, 7) is 2.56. The van der Waals surface area contributed by atoms with Gasteiger partial charge in [-0.05, 0) is 37.5 Å². The molecule has 1 aromatic carbocycles. The predicted octanol–water partition coefficient (Wildman–Crippen LogP) is 0.881. The van der Waals surface area contributed by atoms with Gasteiger partial charge < -0.3 is 5.73 Å². The summed E-state index contributed by atoms with van der Waals surface area (Å²) >= 11 is 0. The fourth-order valence-electron chi connectivity index (χ4n) is 2.31. The minimum Gasteiger partial charge on any atom is -0.369 e. The van der Waals surface area contributed by atoms with Crippen molar-refractivity contribution in [2.45, 2.75) is 24.7 Å². The number of nitrogens with two attached hydrogens (primary N) is 1. The van der Waals surface area contributed by atoms with E-state index in [0.29, 0.717) is 30.8 Å². The highest BCUT2D eigenvalue weighted by atomic mass is 32.2. The smallest absolute Gasteiger partial charge is 0.243 e. The van der Waals surface area contributed by atoms with E-state index < -0.39 is 10.0 Å². The van der Waals surface area contributed by atoms with E-state index >= 15 is 0 Å². The van der Waals surface area contributed by atoms with Gasteiger partial charge in [0.05, 0.1) is 4.90 Å². The van der Waals surface area contributed by atoms with E-state index in [0.717, 1.165) is 5.56 Å². The van der Waals surface area contributed by atoms with E-state index in [1.54, 1.807) is 18.2 Å². The quantitative estimate of drug-likeness (QED) is 0.893. The van der Waals surface area contributed by atoms with E-state index in [9.17, 15) is 13.2 Å². The Hall–Kier alpha value is -1.40. The molecule has 0 spiro atoms. The van der Waals surface area contributed by atoms with Gasteiger partial charge in [-0.1, -0.05) is 12.1 Å². The molecular weight excluding hydrogens is 264 g/mol. The van der Waals surface area contributed by atoms with Crippen LogP contribution in [0, 0.1) is 12.8 Å². The van der Waals surface area contributed by atoms with Gasteiger partial charge in [0.1, 0.15) is 0 Å². The van der Waals surface area contributed by atoms with Gasteiger partial charge in [-0.25, -0.2) is 8.42 Å². The summed E-state index contributed by atoms with van der Waals surface area (Å²) in [4.78, 5) is 11.4. The fourth-order valence-corrected chi connectivity index (χ4v) is 3.88. The number of carbonyl (C=O) groups is 1. The molecule has 0 bridgehead atoms. The Labute approximate surface area is 113 Å². The zero-order valence-electron chi connectivity index (χ0n) is 10.9. The van der Waals surface area contributed by atoms with Gasteiger partial charge in [-0.3, -0.25) is 4.79 Å². The van der Waals surface area contributed by atoms with Crippen LogP contribution in [0.25, 0.3) is 0 Å². The highest BCUT2D eigenvalue weighted by Crippen LogP contribution is 2.23. The molecule has 19 heavy (non-hydrogen) atoms. The Morgan fingerprint density at radius 3 is 2.47 bits per heavy atom. The molecule has 1 saturated heterocycles. The third-order valence-corrected chi connectivity index (χ3v) is 5.38. The van der Waals surface area contributed by atoms with Gasteiger partial charge >= 0.3 is 0 Å². The molecule has 0 aromatic heterocycles. The van der Waals surface area contributed by atoms with Crippen LogP contribution in [0.1, 0.15) is 18.4 Å². The molecule has 5 nitrogen and oxygen atoms in total. The second-order valence-corrected chi connectivity index (χ2v) is 6.84. The van der Waals surface area contributed by atoms with Crippen molar-refractivity contribution in [3.8, 4) is 0 Å². The topological polar surface area (TPSA) is 80.5 Å².